The number of hydrogen-bond acceptors (Lipinski definition) is 4. The fraction of sp³-hybridized carbons (Fsp3) is 0. The summed E-state index contributed by atoms with van der Waals surface area (Å²) in [6.45, 7) is 0. The molecule has 39 heavy (non-hydrogen) atoms. The minimum Gasteiger partial charge on any atom is -0.454 e. The highest BCUT2D eigenvalue weighted by Gasteiger charge is 2.22. The van der Waals surface area contributed by atoms with E-state index in [4.69, 9.17) is 13.8 Å². The zero-order chi connectivity index (χ0) is 25.8. The molecule has 0 fully saturated rings. The van der Waals surface area contributed by atoms with Gasteiger partial charge in [-0.3, -0.25) is 0 Å². The molecule has 0 saturated heterocycles. The van der Waals surface area contributed by atoms with Gasteiger partial charge in [0.05, 0.1) is 5.69 Å². The first kappa shape index (κ1) is 21.7. The van der Waals surface area contributed by atoms with Crippen LogP contribution in [0, 0.1) is 0 Å². The maximum Gasteiger partial charge on any atom is 0.228 e. The van der Waals surface area contributed by atoms with Crippen molar-refractivity contribution < 1.29 is 8.83 Å². The number of fused-ring (bicyclic) bond motifs is 5. The van der Waals surface area contributed by atoms with E-state index in [1.54, 1.807) is 0 Å². The molecule has 4 heteroatoms. The fourth-order valence-corrected chi connectivity index (χ4v) is 5.49. The number of nitrogens with zero attached hydrogens (tertiary/aromatic N) is 2. The van der Waals surface area contributed by atoms with Crippen LogP contribution in [0.15, 0.2) is 142 Å². The molecule has 0 bridgehead atoms. The molecule has 6 aromatic carbocycles. The summed E-state index contributed by atoms with van der Waals surface area (Å²) >= 11 is 0. The van der Waals surface area contributed by atoms with Crippen LogP contribution in [-0.2, 0) is 0 Å². The molecule has 0 spiro atoms. The summed E-state index contributed by atoms with van der Waals surface area (Å²) in [5.41, 5.74) is 7.21. The molecule has 0 atom stereocenters. The molecule has 4 nitrogen and oxygen atoms in total. The van der Waals surface area contributed by atoms with Crippen LogP contribution in [0.3, 0.4) is 0 Å². The molecule has 184 valence electrons. The van der Waals surface area contributed by atoms with Gasteiger partial charge in [0.1, 0.15) is 11.1 Å². The van der Waals surface area contributed by atoms with E-state index in [1.165, 1.54) is 10.8 Å². The second-order valence-corrected chi connectivity index (χ2v) is 9.62. The third kappa shape index (κ3) is 3.50. The van der Waals surface area contributed by atoms with Crippen LogP contribution in [0.2, 0.25) is 0 Å². The predicted octanol–water partition coefficient (Wildman–Crippen LogP) is 10.0. The number of benzene rings is 6. The molecule has 0 amide bonds. The van der Waals surface area contributed by atoms with E-state index in [0.717, 1.165) is 55.7 Å². The van der Waals surface area contributed by atoms with Crippen LogP contribution in [0.5, 0.6) is 0 Å². The van der Waals surface area contributed by atoms with Crippen molar-refractivity contribution in [2.24, 2.45) is 0 Å². The third-order valence-corrected chi connectivity index (χ3v) is 7.27. The Morgan fingerprint density at radius 1 is 0.538 bits per heavy atom. The van der Waals surface area contributed by atoms with Gasteiger partial charge in [0.2, 0.25) is 5.89 Å². The van der Waals surface area contributed by atoms with Gasteiger partial charge in [-0.15, -0.1) is 0 Å². The first-order valence-electron chi connectivity index (χ1n) is 13.0. The van der Waals surface area contributed by atoms with Crippen LogP contribution >= 0.6 is 0 Å². The van der Waals surface area contributed by atoms with Crippen LogP contribution in [-0.4, -0.2) is 4.98 Å². The maximum atomic E-state index is 6.62. The Morgan fingerprint density at radius 3 is 2.21 bits per heavy atom. The highest BCUT2D eigenvalue weighted by Crippen LogP contribution is 2.44. The van der Waals surface area contributed by atoms with Gasteiger partial charge in [-0.05, 0) is 65.4 Å². The van der Waals surface area contributed by atoms with Gasteiger partial charge in [-0.25, -0.2) is 4.98 Å². The van der Waals surface area contributed by atoms with Gasteiger partial charge in [0.15, 0.2) is 11.2 Å². The van der Waals surface area contributed by atoms with E-state index in [1.807, 2.05) is 48.5 Å². The Balaban J connectivity index is 1.39. The molecular formula is C35H22N2O2. The summed E-state index contributed by atoms with van der Waals surface area (Å²) in [5.74, 6) is 0.587. The summed E-state index contributed by atoms with van der Waals surface area (Å²) in [4.78, 5) is 7.04. The second kappa shape index (κ2) is 8.61. The Kier molecular flexibility index (Phi) is 4.79. The maximum absolute atomic E-state index is 6.62. The lowest BCUT2D eigenvalue weighted by molar-refractivity contribution is 0.620. The minimum absolute atomic E-state index is 0.587. The topological polar surface area (TPSA) is 42.4 Å². The first-order valence-corrected chi connectivity index (χ1v) is 13.0. The smallest absolute Gasteiger partial charge is 0.228 e. The lowest BCUT2D eigenvalue weighted by Gasteiger charge is -2.25. The van der Waals surface area contributed by atoms with Crippen molar-refractivity contribution >= 4 is 60.9 Å². The molecule has 0 aliphatic heterocycles. The number of rotatable bonds is 4. The normalized spacial score (nSPS) is 11.6. The van der Waals surface area contributed by atoms with E-state index >= 15 is 0 Å². The van der Waals surface area contributed by atoms with Crippen molar-refractivity contribution in [2.45, 2.75) is 0 Å². The number of para-hydroxylation sites is 4. The van der Waals surface area contributed by atoms with Gasteiger partial charge in [-0.1, -0.05) is 78.9 Å². The summed E-state index contributed by atoms with van der Waals surface area (Å²) in [7, 11) is 0. The molecule has 0 aliphatic carbocycles. The van der Waals surface area contributed by atoms with E-state index in [-0.39, 0.29) is 0 Å². The predicted molar refractivity (Wildman–Crippen MR) is 159 cm³/mol. The van der Waals surface area contributed by atoms with Crippen molar-refractivity contribution in [3.05, 3.63) is 133 Å². The van der Waals surface area contributed by atoms with Gasteiger partial charge in [-0.2, -0.15) is 0 Å². The molecule has 0 radical (unpaired) electrons. The molecule has 8 rings (SSSR count). The van der Waals surface area contributed by atoms with Crippen molar-refractivity contribution in [3.63, 3.8) is 0 Å². The summed E-state index contributed by atoms with van der Waals surface area (Å²) in [6, 6.07) is 45.6. The van der Waals surface area contributed by atoms with Gasteiger partial charge in [0, 0.05) is 27.7 Å². The molecular weight excluding hydrogens is 480 g/mol. The molecule has 0 N–H and O–H groups in total. The van der Waals surface area contributed by atoms with Crippen molar-refractivity contribution in [2.75, 3.05) is 4.90 Å². The quantitative estimate of drug-likeness (QED) is 0.240. The Bertz CT molecular complexity index is 2110. The molecule has 0 aliphatic rings. The van der Waals surface area contributed by atoms with Crippen molar-refractivity contribution in [1.82, 2.24) is 4.98 Å². The number of oxazole rings is 1. The number of aromatic nitrogens is 1. The Morgan fingerprint density at radius 2 is 1.31 bits per heavy atom. The fourth-order valence-electron chi connectivity index (χ4n) is 5.49. The van der Waals surface area contributed by atoms with Gasteiger partial charge < -0.3 is 13.7 Å². The molecule has 2 heterocycles. The van der Waals surface area contributed by atoms with Crippen LogP contribution in [0.1, 0.15) is 0 Å². The third-order valence-electron chi connectivity index (χ3n) is 7.27. The Labute approximate surface area is 224 Å². The lowest BCUT2D eigenvalue weighted by Crippen LogP contribution is -2.10. The van der Waals surface area contributed by atoms with Gasteiger partial charge in [0.25, 0.3) is 0 Å². The number of furan rings is 1. The first-order chi connectivity index (χ1) is 19.3. The monoisotopic (exact) mass is 502 g/mol. The van der Waals surface area contributed by atoms with Gasteiger partial charge >= 0.3 is 0 Å². The molecule has 8 aromatic rings. The van der Waals surface area contributed by atoms with Crippen molar-refractivity contribution in [1.29, 1.82) is 0 Å². The summed E-state index contributed by atoms with van der Waals surface area (Å²) < 4.78 is 12.8. The molecule has 0 saturated carbocycles. The largest absolute Gasteiger partial charge is 0.454 e. The van der Waals surface area contributed by atoms with E-state index in [2.05, 4.69) is 89.8 Å². The average Bonchev–Trinajstić information content (AvgIpc) is 3.60. The molecule has 0 unspecified atom stereocenters. The van der Waals surface area contributed by atoms with E-state index < -0.39 is 0 Å². The van der Waals surface area contributed by atoms with Crippen LogP contribution in [0.4, 0.5) is 17.1 Å². The second-order valence-electron chi connectivity index (χ2n) is 9.62. The lowest BCUT2D eigenvalue weighted by atomic mass is 10.0. The minimum atomic E-state index is 0.587. The SMILES string of the molecule is c1ccc(N(c2ccc3ccccc3c2)c2cccc3c2oc2cccc(-c4nc5ccccc5o4)c23)cc1. The van der Waals surface area contributed by atoms with E-state index in [9.17, 15) is 0 Å². The zero-order valence-electron chi connectivity index (χ0n) is 20.9. The van der Waals surface area contributed by atoms with Crippen LogP contribution in [0.25, 0.3) is 55.3 Å². The van der Waals surface area contributed by atoms with Crippen LogP contribution < -0.4 is 4.90 Å². The Hall–Kier alpha value is -5.35. The summed E-state index contributed by atoms with van der Waals surface area (Å²) in [6.07, 6.45) is 0. The number of anilines is 3. The molecule has 2 aromatic heterocycles. The zero-order valence-corrected chi connectivity index (χ0v) is 20.9. The highest BCUT2D eigenvalue weighted by molar-refractivity contribution is 6.15. The average molecular weight is 503 g/mol. The standard InChI is InChI=1S/C35H22N2O2/c1-2-12-25(13-3-1)37(26-21-20-23-10-4-5-11-24(23)22-26)30-17-8-14-27-33-28(15-9-19-32(33)38-34(27)30)35-36-29-16-6-7-18-31(29)39-35/h1-22H. The number of hydrogen-bond donors (Lipinski definition) is 0. The highest BCUT2D eigenvalue weighted by atomic mass is 16.3. The van der Waals surface area contributed by atoms with Crippen molar-refractivity contribution in [3.8, 4) is 11.5 Å². The summed E-state index contributed by atoms with van der Waals surface area (Å²) in [5, 5.41) is 4.40. The van der Waals surface area contributed by atoms with E-state index in [0.29, 0.717) is 5.89 Å².